The number of benzene rings is 1. The molecule has 1 aromatic carbocycles. The van der Waals surface area contributed by atoms with Gasteiger partial charge in [-0.05, 0) is 17.4 Å². The molecular weight excluding hydrogens is 156 g/mol. The fraction of sp³-hybridized carbons (Fsp3) is 0.462. The van der Waals surface area contributed by atoms with Crippen LogP contribution in [0.3, 0.4) is 0 Å². The van der Waals surface area contributed by atoms with Gasteiger partial charge in [-0.3, -0.25) is 0 Å². The molecule has 0 bridgehead atoms. The molecule has 0 heteroatoms. The van der Waals surface area contributed by atoms with E-state index in [4.69, 9.17) is 0 Å². The van der Waals surface area contributed by atoms with E-state index < -0.39 is 0 Å². The molecule has 0 fully saturated rings. The van der Waals surface area contributed by atoms with Gasteiger partial charge in [-0.2, -0.15) is 0 Å². The summed E-state index contributed by atoms with van der Waals surface area (Å²) in [6, 6.07) is 10.6. The molecule has 0 aliphatic heterocycles. The Bertz CT molecular complexity index is 240. The summed E-state index contributed by atoms with van der Waals surface area (Å²) in [4.78, 5) is 0. The van der Waals surface area contributed by atoms with Gasteiger partial charge in [-0.15, -0.1) is 0 Å². The minimum atomic E-state index is 0.389. The summed E-state index contributed by atoms with van der Waals surface area (Å²) >= 11 is 0. The van der Waals surface area contributed by atoms with Crippen molar-refractivity contribution in [3.8, 4) is 0 Å². The third-order valence-corrected chi connectivity index (χ3v) is 2.06. The molecule has 0 unspecified atom stereocenters. The first-order chi connectivity index (χ1) is 5.99. The first kappa shape index (κ1) is 10.3. The molecule has 1 radical (unpaired) electrons. The van der Waals surface area contributed by atoms with E-state index in [0.717, 1.165) is 6.42 Å². The van der Waals surface area contributed by atoms with Crippen molar-refractivity contribution in [3.63, 3.8) is 0 Å². The lowest BCUT2D eigenvalue weighted by Crippen LogP contribution is -2.10. The Morgan fingerprint density at radius 1 is 1.08 bits per heavy atom. The quantitative estimate of drug-likeness (QED) is 0.635. The minimum Gasteiger partial charge on any atom is -0.0622 e. The molecule has 0 spiro atoms. The normalized spacial score (nSPS) is 12.1. The highest BCUT2D eigenvalue weighted by Crippen LogP contribution is 2.29. The van der Waals surface area contributed by atoms with E-state index >= 15 is 0 Å². The molecule has 0 atom stereocenters. The molecule has 0 saturated carbocycles. The highest BCUT2D eigenvalue weighted by atomic mass is 14.2. The maximum Gasteiger partial charge on any atom is 0.00240 e. The molecular formula is C13H19. The fourth-order valence-electron chi connectivity index (χ4n) is 1.62. The first-order valence-corrected chi connectivity index (χ1v) is 4.87. The third kappa shape index (κ3) is 3.63. The van der Waals surface area contributed by atoms with E-state index in [1.807, 2.05) is 0 Å². The Morgan fingerprint density at radius 2 is 1.62 bits per heavy atom. The maximum atomic E-state index is 2.28. The van der Waals surface area contributed by atoms with Crippen LogP contribution in [0.15, 0.2) is 30.3 Å². The summed E-state index contributed by atoms with van der Waals surface area (Å²) in [7, 11) is 0. The van der Waals surface area contributed by atoms with Crippen molar-refractivity contribution in [2.75, 3.05) is 0 Å². The Hall–Kier alpha value is -0.780. The Kier molecular flexibility index (Phi) is 3.13. The third-order valence-electron chi connectivity index (χ3n) is 2.06. The zero-order chi connectivity index (χ0) is 9.90. The van der Waals surface area contributed by atoms with Gasteiger partial charge in [0.15, 0.2) is 0 Å². The zero-order valence-electron chi connectivity index (χ0n) is 9.09. The second-order valence-electron chi connectivity index (χ2n) is 4.88. The summed E-state index contributed by atoms with van der Waals surface area (Å²) < 4.78 is 0. The Morgan fingerprint density at radius 3 is 2.08 bits per heavy atom. The van der Waals surface area contributed by atoms with Crippen LogP contribution in [-0.2, 0) is 0 Å². The van der Waals surface area contributed by atoms with Crippen molar-refractivity contribution in [3.05, 3.63) is 41.8 Å². The lowest BCUT2D eigenvalue weighted by molar-refractivity contribution is 0.393. The van der Waals surface area contributed by atoms with Crippen LogP contribution in [0.4, 0.5) is 0 Å². The first-order valence-electron chi connectivity index (χ1n) is 4.87. The van der Waals surface area contributed by atoms with Crippen LogP contribution in [0.1, 0.15) is 39.7 Å². The van der Waals surface area contributed by atoms with Crippen molar-refractivity contribution in [2.45, 2.75) is 34.1 Å². The van der Waals surface area contributed by atoms with Crippen molar-refractivity contribution in [1.82, 2.24) is 0 Å². The summed E-state index contributed by atoms with van der Waals surface area (Å²) in [6.07, 6.45) is 1.16. The molecule has 0 N–H and O–H groups in total. The molecule has 0 amide bonds. The predicted molar refractivity (Wildman–Crippen MR) is 58.5 cm³/mol. The summed E-state index contributed by atoms with van der Waals surface area (Å²) in [5, 5.41) is 0. The average Bonchev–Trinajstić information content (AvgIpc) is 2.03. The van der Waals surface area contributed by atoms with Crippen molar-refractivity contribution in [1.29, 1.82) is 0 Å². The lowest BCUT2D eigenvalue weighted by atomic mass is 9.82. The van der Waals surface area contributed by atoms with E-state index in [2.05, 4.69) is 58.0 Å². The molecule has 0 saturated heterocycles. The molecule has 1 aromatic rings. The highest BCUT2D eigenvalue weighted by Gasteiger charge is 2.16. The molecule has 13 heavy (non-hydrogen) atoms. The van der Waals surface area contributed by atoms with Crippen molar-refractivity contribution in [2.24, 2.45) is 5.41 Å². The molecule has 0 aliphatic carbocycles. The predicted octanol–water partition coefficient (Wildman–Crippen LogP) is 4.07. The Balaban J connectivity index is 2.64. The van der Waals surface area contributed by atoms with Crippen LogP contribution in [-0.4, -0.2) is 0 Å². The molecule has 0 heterocycles. The molecule has 1 rings (SSSR count). The molecule has 0 aliphatic rings. The van der Waals surface area contributed by atoms with Gasteiger partial charge < -0.3 is 0 Å². The number of hydrogen-bond acceptors (Lipinski definition) is 0. The second kappa shape index (κ2) is 3.95. The van der Waals surface area contributed by atoms with Gasteiger partial charge in [0.05, 0.1) is 0 Å². The van der Waals surface area contributed by atoms with Gasteiger partial charge in [-0.25, -0.2) is 0 Å². The standard InChI is InChI=1S/C13H19/c1-11(10-13(2,3)4)12-8-6-5-7-9-12/h5-9H,10H2,1-4H3. The van der Waals surface area contributed by atoms with E-state index in [0.29, 0.717) is 5.41 Å². The number of hydrogen-bond donors (Lipinski definition) is 0. The lowest BCUT2D eigenvalue weighted by Gasteiger charge is -2.22. The molecule has 71 valence electrons. The largest absolute Gasteiger partial charge is 0.0622 e. The van der Waals surface area contributed by atoms with E-state index in [1.165, 1.54) is 11.5 Å². The van der Waals surface area contributed by atoms with Crippen LogP contribution < -0.4 is 0 Å². The van der Waals surface area contributed by atoms with Crippen molar-refractivity contribution >= 4 is 0 Å². The van der Waals surface area contributed by atoms with Crippen LogP contribution >= 0.6 is 0 Å². The minimum absolute atomic E-state index is 0.389. The van der Waals surface area contributed by atoms with E-state index in [1.54, 1.807) is 0 Å². The highest BCUT2D eigenvalue weighted by molar-refractivity contribution is 5.29. The van der Waals surface area contributed by atoms with Gasteiger partial charge in [0.2, 0.25) is 0 Å². The second-order valence-corrected chi connectivity index (χ2v) is 4.88. The van der Waals surface area contributed by atoms with Gasteiger partial charge in [0, 0.05) is 5.92 Å². The van der Waals surface area contributed by atoms with Crippen LogP contribution in [0.2, 0.25) is 0 Å². The van der Waals surface area contributed by atoms with E-state index in [9.17, 15) is 0 Å². The van der Waals surface area contributed by atoms with Gasteiger partial charge in [-0.1, -0.05) is 58.0 Å². The fourth-order valence-corrected chi connectivity index (χ4v) is 1.62. The van der Waals surface area contributed by atoms with Crippen molar-refractivity contribution < 1.29 is 0 Å². The van der Waals surface area contributed by atoms with Crippen LogP contribution in [0.25, 0.3) is 0 Å². The van der Waals surface area contributed by atoms with Crippen LogP contribution in [0, 0.1) is 11.3 Å². The summed E-state index contributed by atoms with van der Waals surface area (Å²) in [5.74, 6) is 1.48. The van der Waals surface area contributed by atoms with Gasteiger partial charge >= 0.3 is 0 Å². The Labute approximate surface area is 82.0 Å². The van der Waals surface area contributed by atoms with Gasteiger partial charge in [0.25, 0.3) is 0 Å². The monoisotopic (exact) mass is 175 g/mol. The maximum absolute atomic E-state index is 2.28. The van der Waals surface area contributed by atoms with E-state index in [-0.39, 0.29) is 0 Å². The molecule has 0 aromatic heterocycles. The summed E-state index contributed by atoms with van der Waals surface area (Å²) in [5.41, 5.74) is 1.76. The van der Waals surface area contributed by atoms with Crippen LogP contribution in [0.5, 0.6) is 0 Å². The number of rotatable bonds is 2. The average molecular weight is 175 g/mol. The summed E-state index contributed by atoms with van der Waals surface area (Å²) in [6.45, 7) is 9.05. The molecule has 0 nitrogen and oxygen atoms in total. The zero-order valence-corrected chi connectivity index (χ0v) is 9.09. The topological polar surface area (TPSA) is 0 Å². The SMILES string of the molecule is C[C](CC(C)(C)C)c1ccccc1. The smallest absolute Gasteiger partial charge is 0.00240 e. The van der Waals surface area contributed by atoms with Gasteiger partial charge in [0.1, 0.15) is 0 Å².